The standard InChI is InChI=1S/C19H26N2O/c22-19(16-8-4-5-9-16)20-11-10-17-13-21(18(17)14-20)12-15-6-2-1-3-7-15/h1-3,6-7,16-18H,4-5,8-14H2/t17-,18-/m1/s1. The van der Waals surface area contributed by atoms with Crippen molar-refractivity contribution >= 4 is 5.91 Å². The van der Waals surface area contributed by atoms with Gasteiger partial charge < -0.3 is 4.90 Å². The molecule has 0 N–H and O–H groups in total. The van der Waals surface area contributed by atoms with E-state index >= 15 is 0 Å². The van der Waals surface area contributed by atoms with Crippen molar-refractivity contribution in [2.24, 2.45) is 11.8 Å². The van der Waals surface area contributed by atoms with Crippen molar-refractivity contribution < 1.29 is 4.79 Å². The first kappa shape index (κ1) is 14.3. The first-order valence-electron chi connectivity index (χ1n) is 8.88. The lowest BCUT2D eigenvalue weighted by atomic mass is 9.81. The van der Waals surface area contributed by atoms with E-state index in [9.17, 15) is 4.79 Å². The van der Waals surface area contributed by atoms with Gasteiger partial charge in [-0.25, -0.2) is 0 Å². The Labute approximate surface area is 133 Å². The predicted octanol–water partition coefficient (Wildman–Crippen LogP) is 2.91. The van der Waals surface area contributed by atoms with Crippen molar-refractivity contribution in [1.29, 1.82) is 0 Å². The molecule has 1 amide bonds. The van der Waals surface area contributed by atoms with E-state index < -0.39 is 0 Å². The smallest absolute Gasteiger partial charge is 0.225 e. The number of hydrogen-bond donors (Lipinski definition) is 0. The van der Waals surface area contributed by atoms with Gasteiger partial charge in [0.15, 0.2) is 0 Å². The monoisotopic (exact) mass is 298 g/mol. The van der Waals surface area contributed by atoms with Crippen molar-refractivity contribution in [3.05, 3.63) is 35.9 Å². The van der Waals surface area contributed by atoms with Crippen LogP contribution in [0.1, 0.15) is 37.7 Å². The molecule has 1 aromatic carbocycles. The third-order valence-electron chi connectivity index (χ3n) is 5.90. The quantitative estimate of drug-likeness (QED) is 0.856. The summed E-state index contributed by atoms with van der Waals surface area (Å²) in [4.78, 5) is 17.4. The fourth-order valence-electron chi connectivity index (χ4n) is 4.54. The number of carbonyl (C=O) groups is 1. The minimum absolute atomic E-state index is 0.333. The Morgan fingerprint density at radius 1 is 1.05 bits per heavy atom. The van der Waals surface area contributed by atoms with Crippen LogP contribution in [0.3, 0.4) is 0 Å². The Kier molecular flexibility index (Phi) is 3.91. The molecule has 0 bridgehead atoms. The molecule has 2 heterocycles. The van der Waals surface area contributed by atoms with Crippen molar-refractivity contribution in [1.82, 2.24) is 9.80 Å². The van der Waals surface area contributed by atoms with Crippen molar-refractivity contribution in [3.63, 3.8) is 0 Å². The Hall–Kier alpha value is -1.35. The molecule has 118 valence electrons. The van der Waals surface area contributed by atoms with E-state index in [4.69, 9.17) is 0 Å². The summed E-state index contributed by atoms with van der Waals surface area (Å²) < 4.78 is 0. The van der Waals surface area contributed by atoms with Crippen LogP contribution in [-0.4, -0.2) is 41.4 Å². The van der Waals surface area contributed by atoms with E-state index in [2.05, 4.69) is 40.1 Å². The molecule has 3 fully saturated rings. The summed E-state index contributed by atoms with van der Waals surface area (Å²) in [6, 6.07) is 11.3. The number of carbonyl (C=O) groups excluding carboxylic acids is 1. The van der Waals surface area contributed by atoms with Gasteiger partial charge in [-0.05, 0) is 30.7 Å². The number of fused-ring (bicyclic) bond motifs is 1. The second-order valence-corrected chi connectivity index (χ2v) is 7.30. The number of piperidine rings is 1. The van der Waals surface area contributed by atoms with Crippen molar-refractivity contribution in [2.45, 2.75) is 44.7 Å². The zero-order chi connectivity index (χ0) is 14.9. The summed E-state index contributed by atoms with van der Waals surface area (Å²) in [6.07, 6.45) is 5.94. The van der Waals surface area contributed by atoms with E-state index in [1.807, 2.05) is 0 Å². The van der Waals surface area contributed by atoms with Crippen LogP contribution in [0.2, 0.25) is 0 Å². The molecule has 1 aromatic rings. The second-order valence-electron chi connectivity index (χ2n) is 7.30. The molecule has 2 saturated heterocycles. The second kappa shape index (κ2) is 6.04. The molecule has 2 atom stereocenters. The lowest BCUT2D eigenvalue weighted by molar-refractivity contribution is -0.142. The van der Waals surface area contributed by atoms with Crippen LogP contribution < -0.4 is 0 Å². The lowest BCUT2D eigenvalue weighted by Crippen LogP contribution is -2.64. The molecule has 4 rings (SSSR count). The summed E-state index contributed by atoms with van der Waals surface area (Å²) in [5.41, 5.74) is 1.39. The van der Waals surface area contributed by atoms with E-state index in [-0.39, 0.29) is 0 Å². The minimum Gasteiger partial charge on any atom is -0.341 e. The SMILES string of the molecule is O=C(C1CCCC1)N1CC[C@@H]2CN(Cc3ccccc3)[C@@H]2C1. The summed E-state index contributed by atoms with van der Waals surface area (Å²) >= 11 is 0. The first-order valence-corrected chi connectivity index (χ1v) is 8.88. The zero-order valence-corrected chi connectivity index (χ0v) is 13.3. The molecule has 0 aromatic heterocycles. The molecule has 3 heteroatoms. The maximum atomic E-state index is 12.6. The average molecular weight is 298 g/mol. The van der Waals surface area contributed by atoms with Crippen LogP contribution >= 0.6 is 0 Å². The number of amides is 1. The van der Waals surface area contributed by atoms with E-state index in [0.29, 0.717) is 17.9 Å². The summed E-state index contributed by atoms with van der Waals surface area (Å²) in [7, 11) is 0. The number of benzene rings is 1. The Morgan fingerprint density at radius 2 is 1.82 bits per heavy atom. The molecular weight excluding hydrogens is 272 g/mol. The summed E-state index contributed by atoms with van der Waals surface area (Å²) in [6.45, 7) is 4.21. The molecule has 3 aliphatic rings. The van der Waals surface area contributed by atoms with Crippen LogP contribution in [0.4, 0.5) is 0 Å². The molecule has 0 radical (unpaired) electrons. The number of nitrogens with zero attached hydrogens (tertiary/aromatic N) is 2. The van der Waals surface area contributed by atoms with Crippen molar-refractivity contribution in [2.75, 3.05) is 19.6 Å². The van der Waals surface area contributed by atoms with E-state index in [1.54, 1.807) is 0 Å². The molecule has 1 saturated carbocycles. The van der Waals surface area contributed by atoms with Gasteiger partial charge in [-0.2, -0.15) is 0 Å². The number of likely N-dealkylation sites (tertiary alicyclic amines) is 2. The van der Waals surface area contributed by atoms with Crippen molar-refractivity contribution in [3.8, 4) is 0 Å². The topological polar surface area (TPSA) is 23.6 Å². The number of hydrogen-bond acceptors (Lipinski definition) is 2. The normalized spacial score (nSPS) is 29.2. The van der Waals surface area contributed by atoms with Gasteiger partial charge in [-0.15, -0.1) is 0 Å². The number of rotatable bonds is 3. The first-order chi connectivity index (χ1) is 10.8. The van der Waals surface area contributed by atoms with Crippen LogP contribution in [0, 0.1) is 11.8 Å². The maximum Gasteiger partial charge on any atom is 0.225 e. The maximum absolute atomic E-state index is 12.6. The van der Waals surface area contributed by atoms with Gasteiger partial charge >= 0.3 is 0 Å². The largest absolute Gasteiger partial charge is 0.341 e. The van der Waals surface area contributed by atoms with Gasteiger partial charge in [0, 0.05) is 38.1 Å². The predicted molar refractivity (Wildman–Crippen MR) is 87.3 cm³/mol. The third kappa shape index (κ3) is 2.67. The Bertz CT molecular complexity index is 523. The van der Waals surface area contributed by atoms with Gasteiger partial charge in [0.2, 0.25) is 5.91 Å². The Morgan fingerprint density at radius 3 is 2.59 bits per heavy atom. The van der Waals surface area contributed by atoms with Crippen LogP contribution in [0.15, 0.2) is 30.3 Å². The molecule has 0 spiro atoms. The van der Waals surface area contributed by atoms with Gasteiger partial charge in [0.05, 0.1) is 0 Å². The molecule has 22 heavy (non-hydrogen) atoms. The third-order valence-corrected chi connectivity index (χ3v) is 5.90. The highest BCUT2D eigenvalue weighted by Gasteiger charge is 2.44. The molecular formula is C19H26N2O. The highest BCUT2D eigenvalue weighted by atomic mass is 16.2. The van der Waals surface area contributed by atoms with Gasteiger partial charge in [-0.3, -0.25) is 9.69 Å². The highest BCUT2D eigenvalue weighted by Crippen LogP contribution is 2.35. The zero-order valence-electron chi connectivity index (χ0n) is 13.3. The van der Waals surface area contributed by atoms with Gasteiger partial charge in [0.1, 0.15) is 0 Å². The lowest BCUT2D eigenvalue weighted by Gasteiger charge is -2.54. The minimum atomic E-state index is 0.333. The molecule has 0 unspecified atom stereocenters. The molecule has 1 aliphatic carbocycles. The van der Waals surface area contributed by atoms with Crippen LogP contribution in [0.5, 0.6) is 0 Å². The van der Waals surface area contributed by atoms with Crippen LogP contribution in [0.25, 0.3) is 0 Å². The Balaban J connectivity index is 1.37. The van der Waals surface area contributed by atoms with Gasteiger partial charge in [-0.1, -0.05) is 43.2 Å². The molecule has 3 nitrogen and oxygen atoms in total. The fourth-order valence-corrected chi connectivity index (χ4v) is 4.54. The van der Waals surface area contributed by atoms with E-state index in [1.165, 1.54) is 31.4 Å². The fraction of sp³-hybridized carbons (Fsp3) is 0.632. The van der Waals surface area contributed by atoms with Gasteiger partial charge in [0.25, 0.3) is 0 Å². The molecule has 2 aliphatic heterocycles. The highest BCUT2D eigenvalue weighted by molar-refractivity contribution is 5.79. The van der Waals surface area contributed by atoms with Crippen LogP contribution in [-0.2, 0) is 11.3 Å². The average Bonchev–Trinajstić information content (AvgIpc) is 3.07. The summed E-state index contributed by atoms with van der Waals surface area (Å²) in [5.74, 6) is 1.60. The van der Waals surface area contributed by atoms with E-state index in [0.717, 1.165) is 38.4 Å². The summed E-state index contributed by atoms with van der Waals surface area (Å²) in [5, 5.41) is 0.